The Kier molecular flexibility index (Phi) is 6.48. The van der Waals surface area contributed by atoms with E-state index >= 15 is 0 Å². The zero-order valence-corrected chi connectivity index (χ0v) is 17.1. The Morgan fingerprint density at radius 3 is 2.62 bits per heavy atom. The lowest BCUT2D eigenvalue weighted by molar-refractivity contribution is -0.182. The van der Waals surface area contributed by atoms with E-state index in [1.54, 1.807) is 14.0 Å². The van der Waals surface area contributed by atoms with Crippen LogP contribution in [-0.2, 0) is 14.4 Å². The highest BCUT2D eigenvalue weighted by atomic mass is 16.7. The standard InChI is InChI=1S/C20H26N4O5/c1-5-6-11-27-20(26)24-17(12-18(29-24)23(4)14(3)25)15-7-9-16(10-8-15)19-21-13(2)28-22-19/h7-10,17-18H,5-6,11-12H2,1-4H3. The molecule has 1 aliphatic rings. The first-order chi connectivity index (χ1) is 13.9. The van der Waals surface area contributed by atoms with Crippen molar-refractivity contribution in [1.82, 2.24) is 20.1 Å². The minimum Gasteiger partial charge on any atom is -0.448 e. The molecule has 1 saturated heterocycles. The zero-order chi connectivity index (χ0) is 21.0. The Balaban J connectivity index is 1.80. The Morgan fingerprint density at radius 1 is 1.31 bits per heavy atom. The third-order valence-corrected chi connectivity index (χ3v) is 4.86. The van der Waals surface area contributed by atoms with E-state index in [0.29, 0.717) is 24.7 Å². The number of aryl methyl sites for hydroxylation is 1. The van der Waals surface area contributed by atoms with Crippen LogP contribution >= 0.6 is 0 Å². The van der Waals surface area contributed by atoms with Crippen LogP contribution in [0.5, 0.6) is 0 Å². The van der Waals surface area contributed by atoms with Crippen LogP contribution in [0.25, 0.3) is 11.4 Å². The molecule has 2 amide bonds. The Bertz CT molecular complexity index is 851. The molecule has 2 heterocycles. The normalized spacial score (nSPS) is 18.7. The molecule has 1 fully saturated rings. The van der Waals surface area contributed by atoms with Crippen LogP contribution < -0.4 is 0 Å². The number of hydroxylamine groups is 2. The predicted octanol–water partition coefficient (Wildman–Crippen LogP) is 3.46. The van der Waals surface area contributed by atoms with Gasteiger partial charge in [-0.2, -0.15) is 10.0 Å². The number of carbonyl (C=O) groups excluding carboxylic acids is 2. The van der Waals surface area contributed by atoms with Gasteiger partial charge in [0, 0.05) is 32.9 Å². The van der Waals surface area contributed by atoms with Crippen molar-refractivity contribution in [3.63, 3.8) is 0 Å². The molecule has 2 unspecified atom stereocenters. The van der Waals surface area contributed by atoms with Crippen molar-refractivity contribution in [2.75, 3.05) is 13.7 Å². The van der Waals surface area contributed by atoms with Gasteiger partial charge in [-0.3, -0.25) is 4.79 Å². The van der Waals surface area contributed by atoms with Crippen molar-refractivity contribution in [2.24, 2.45) is 0 Å². The molecule has 0 spiro atoms. The lowest BCUT2D eigenvalue weighted by Gasteiger charge is -2.24. The molecule has 3 rings (SSSR count). The summed E-state index contributed by atoms with van der Waals surface area (Å²) < 4.78 is 10.3. The highest BCUT2D eigenvalue weighted by Gasteiger charge is 2.41. The number of carbonyl (C=O) groups is 2. The predicted molar refractivity (Wildman–Crippen MR) is 103 cm³/mol. The Labute approximate surface area is 169 Å². The number of ether oxygens (including phenoxy) is 1. The molecule has 1 aromatic carbocycles. The van der Waals surface area contributed by atoms with Gasteiger partial charge in [0.25, 0.3) is 0 Å². The maximum atomic E-state index is 12.6. The Hall–Kier alpha value is -2.94. The van der Waals surface area contributed by atoms with Gasteiger partial charge >= 0.3 is 6.09 Å². The summed E-state index contributed by atoms with van der Waals surface area (Å²) >= 11 is 0. The smallest absolute Gasteiger partial charge is 0.434 e. The molecule has 9 nitrogen and oxygen atoms in total. The van der Waals surface area contributed by atoms with Crippen LogP contribution in [-0.4, -0.2) is 52.0 Å². The summed E-state index contributed by atoms with van der Waals surface area (Å²) in [6.07, 6.45) is 1.04. The number of unbranched alkanes of at least 4 members (excludes halogenated alkanes) is 1. The van der Waals surface area contributed by atoms with Gasteiger partial charge in [0.05, 0.1) is 12.6 Å². The van der Waals surface area contributed by atoms with Crippen LogP contribution in [0.1, 0.15) is 50.6 Å². The first-order valence-electron chi connectivity index (χ1n) is 9.67. The quantitative estimate of drug-likeness (QED) is 0.682. The molecule has 2 aromatic rings. The van der Waals surface area contributed by atoms with E-state index in [1.165, 1.54) is 16.9 Å². The highest BCUT2D eigenvalue weighted by molar-refractivity contribution is 5.73. The number of hydrogen-bond donors (Lipinski definition) is 0. The van der Waals surface area contributed by atoms with E-state index in [9.17, 15) is 9.59 Å². The number of aromatic nitrogens is 2. The minimum absolute atomic E-state index is 0.141. The fraction of sp³-hybridized carbons (Fsp3) is 0.500. The van der Waals surface area contributed by atoms with Crippen molar-refractivity contribution in [3.8, 4) is 11.4 Å². The molecule has 9 heteroatoms. The molecule has 0 radical (unpaired) electrons. The van der Waals surface area contributed by atoms with Crippen LogP contribution in [0.4, 0.5) is 4.79 Å². The van der Waals surface area contributed by atoms with Gasteiger partial charge in [-0.1, -0.05) is 42.8 Å². The zero-order valence-electron chi connectivity index (χ0n) is 17.1. The summed E-state index contributed by atoms with van der Waals surface area (Å²) in [6, 6.07) is 7.12. The summed E-state index contributed by atoms with van der Waals surface area (Å²) in [5.74, 6) is 0.851. The second-order valence-electron chi connectivity index (χ2n) is 6.99. The molecular weight excluding hydrogens is 376 g/mol. The molecular formula is C20H26N4O5. The van der Waals surface area contributed by atoms with Gasteiger partial charge in [-0.05, 0) is 12.0 Å². The lowest BCUT2D eigenvalue weighted by atomic mass is 10.0. The molecule has 0 saturated carbocycles. The molecule has 1 aromatic heterocycles. The van der Waals surface area contributed by atoms with Crippen molar-refractivity contribution in [1.29, 1.82) is 0 Å². The Morgan fingerprint density at radius 2 is 2.03 bits per heavy atom. The number of benzene rings is 1. The fourth-order valence-corrected chi connectivity index (χ4v) is 3.05. The third-order valence-electron chi connectivity index (χ3n) is 4.86. The van der Waals surface area contributed by atoms with Gasteiger partial charge in [0.2, 0.25) is 17.6 Å². The molecule has 2 atom stereocenters. The van der Waals surface area contributed by atoms with E-state index in [1.807, 2.05) is 31.2 Å². The largest absolute Gasteiger partial charge is 0.448 e. The summed E-state index contributed by atoms with van der Waals surface area (Å²) in [5, 5.41) is 5.14. The average Bonchev–Trinajstić information content (AvgIpc) is 3.34. The van der Waals surface area contributed by atoms with E-state index in [2.05, 4.69) is 10.1 Å². The van der Waals surface area contributed by atoms with Crippen molar-refractivity contribution < 1.29 is 23.7 Å². The lowest BCUT2D eigenvalue weighted by Crippen LogP contribution is -2.37. The first kappa shape index (κ1) is 20.8. The van der Waals surface area contributed by atoms with Crippen LogP contribution in [0.3, 0.4) is 0 Å². The second kappa shape index (κ2) is 9.04. The highest BCUT2D eigenvalue weighted by Crippen LogP contribution is 2.36. The third kappa shape index (κ3) is 4.73. The first-order valence-corrected chi connectivity index (χ1v) is 9.67. The average molecular weight is 402 g/mol. The van der Waals surface area contributed by atoms with Gasteiger partial charge < -0.3 is 14.2 Å². The monoisotopic (exact) mass is 402 g/mol. The van der Waals surface area contributed by atoms with E-state index in [-0.39, 0.29) is 11.9 Å². The number of nitrogens with zero attached hydrogens (tertiary/aromatic N) is 4. The van der Waals surface area contributed by atoms with Crippen LogP contribution in [0, 0.1) is 6.92 Å². The van der Waals surface area contributed by atoms with Gasteiger partial charge in [0.1, 0.15) is 0 Å². The van der Waals surface area contributed by atoms with Crippen LogP contribution in [0.15, 0.2) is 28.8 Å². The number of amides is 2. The van der Waals surface area contributed by atoms with Crippen molar-refractivity contribution in [3.05, 3.63) is 35.7 Å². The summed E-state index contributed by atoms with van der Waals surface area (Å²) in [6.45, 7) is 5.54. The van der Waals surface area contributed by atoms with Crippen molar-refractivity contribution in [2.45, 2.75) is 52.3 Å². The van der Waals surface area contributed by atoms with E-state index in [0.717, 1.165) is 24.0 Å². The van der Waals surface area contributed by atoms with Crippen LogP contribution in [0.2, 0.25) is 0 Å². The van der Waals surface area contributed by atoms with E-state index < -0.39 is 12.3 Å². The van der Waals surface area contributed by atoms with Gasteiger partial charge in [-0.25, -0.2) is 9.63 Å². The maximum Gasteiger partial charge on any atom is 0.434 e. The van der Waals surface area contributed by atoms with Gasteiger partial charge in [-0.15, -0.1) is 0 Å². The number of hydrogen-bond acceptors (Lipinski definition) is 7. The molecule has 156 valence electrons. The van der Waals surface area contributed by atoms with Gasteiger partial charge in [0.15, 0.2) is 6.23 Å². The molecule has 0 bridgehead atoms. The summed E-state index contributed by atoms with van der Waals surface area (Å²) in [7, 11) is 1.65. The maximum absolute atomic E-state index is 12.6. The topological polar surface area (TPSA) is 98.0 Å². The molecule has 0 aliphatic carbocycles. The second-order valence-corrected chi connectivity index (χ2v) is 6.99. The molecule has 1 aliphatic heterocycles. The fourth-order valence-electron chi connectivity index (χ4n) is 3.05. The summed E-state index contributed by atoms with van der Waals surface area (Å²) in [5.41, 5.74) is 1.67. The van der Waals surface area contributed by atoms with E-state index in [4.69, 9.17) is 14.1 Å². The number of rotatable bonds is 6. The van der Waals surface area contributed by atoms with Crippen molar-refractivity contribution >= 4 is 12.0 Å². The molecule has 0 N–H and O–H groups in total. The molecule has 29 heavy (non-hydrogen) atoms. The summed E-state index contributed by atoms with van der Waals surface area (Å²) in [4.78, 5) is 35.8. The SMILES string of the molecule is CCCCOC(=O)N1OC(N(C)C(C)=O)CC1c1ccc(-c2noc(C)n2)cc1. The minimum atomic E-state index is -0.555.